The average Bonchev–Trinajstić information content (AvgIpc) is 2.69. The Labute approximate surface area is 120 Å². The van der Waals surface area contributed by atoms with Crippen LogP contribution in [0.5, 0.6) is 0 Å². The quantitative estimate of drug-likeness (QED) is 0.853. The first-order chi connectivity index (χ1) is 9.02. The molecule has 1 N–H and O–H groups in total. The van der Waals surface area contributed by atoms with E-state index in [-0.39, 0.29) is 0 Å². The Morgan fingerprint density at radius 3 is 2.32 bits per heavy atom. The molecule has 2 aromatic rings. The van der Waals surface area contributed by atoms with Crippen molar-refractivity contribution < 1.29 is 0 Å². The van der Waals surface area contributed by atoms with Crippen LogP contribution in [-0.4, -0.2) is 6.54 Å². The van der Waals surface area contributed by atoms with E-state index in [0.29, 0.717) is 6.04 Å². The van der Waals surface area contributed by atoms with E-state index < -0.39 is 0 Å². The van der Waals surface area contributed by atoms with E-state index in [4.69, 9.17) is 0 Å². The summed E-state index contributed by atoms with van der Waals surface area (Å²) in [5.41, 5.74) is 5.51. The van der Waals surface area contributed by atoms with Crippen LogP contribution in [0, 0.1) is 27.7 Å². The fourth-order valence-corrected chi connectivity index (χ4v) is 3.46. The molecule has 1 heterocycles. The highest BCUT2D eigenvalue weighted by Gasteiger charge is 2.17. The smallest absolute Gasteiger partial charge is 0.0587 e. The molecule has 0 fully saturated rings. The van der Waals surface area contributed by atoms with Crippen molar-refractivity contribution in [2.45, 2.75) is 40.7 Å². The molecule has 0 aliphatic heterocycles. The highest BCUT2D eigenvalue weighted by Crippen LogP contribution is 2.31. The van der Waals surface area contributed by atoms with Crippen LogP contribution < -0.4 is 5.32 Å². The van der Waals surface area contributed by atoms with Gasteiger partial charge < -0.3 is 5.32 Å². The maximum atomic E-state index is 3.62. The van der Waals surface area contributed by atoms with Crippen molar-refractivity contribution in [1.29, 1.82) is 0 Å². The van der Waals surface area contributed by atoms with Crippen molar-refractivity contribution in [3.63, 3.8) is 0 Å². The van der Waals surface area contributed by atoms with Crippen LogP contribution in [0.15, 0.2) is 24.3 Å². The van der Waals surface area contributed by atoms with Crippen molar-refractivity contribution in [3.05, 3.63) is 56.3 Å². The minimum absolute atomic E-state index is 0.314. The Kier molecular flexibility index (Phi) is 4.43. The second-order valence-corrected chi connectivity index (χ2v) is 6.66. The van der Waals surface area contributed by atoms with Gasteiger partial charge in [-0.3, -0.25) is 0 Å². The Bertz CT molecular complexity index is 569. The van der Waals surface area contributed by atoms with E-state index in [1.807, 2.05) is 11.3 Å². The molecule has 0 aliphatic rings. The number of aryl methyl sites for hydroxylation is 4. The van der Waals surface area contributed by atoms with Gasteiger partial charge >= 0.3 is 0 Å². The third-order valence-electron chi connectivity index (χ3n) is 3.66. The van der Waals surface area contributed by atoms with Gasteiger partial charge in [-0.25, -0.2) is 0 Å². The molecule has 1 unspecified atom stereocenters. The molecule has 0 bridgehead atoms. The Morgan fingerprint density at radius 2 is 1.79 bits per heavy atom. The molecule has 2 heteroatoms. The van der Waals surface area contributed by atoms with Crippen molar-refractivity contribution in [1.82, 2.24) is 5.32 Å². The third kappa shape index (κ3) is 3.07. The summed E-state index contributed by atoms with van der Waals surface area (Å²) in [5.74, 6) is 0. The van der Waals surface area contributed by atoms with Crippen LogP contribution in [0.1, 0.15) is 45.0 Å². The first kappa shape index (κ1) is 14.3. The molecule has 1 atom stereocenters. The zero-order valence-electron chi connectivity index (χ0n) is 12.5. The lowest BCUT2D eigenvalue weighted by Crippen LogP contribution is -2.22. The number of hydrogen-bond acceptors (Lipinski definition) is 2. The van der Waals surface area contributed by atoms with Gasteiger partial charge in [0.1, 0.15) is 0 Å². The van der Waals surface area contributed by atoms with E-state index in [2.05, 4.69) is 64.2 Å². The fraction of sp³-hybridized carbons (Fsp3) is 0.412. The second-order valence-electron chi connectivity index (χ2n) is 5.20. The molecule has 2 rings (SSSR count). The van der Waals surface area contributed by atoms with Crippen LogP contribution in [0.25, 0.3) is 0 Å². The summed E-state index contributed by atoms with van der Waals surface area (Å²) >= 11 is 1.89. The van der Waals surface area contributed by atoms with Crippen LogP contribution in [0.4, 0.5) is 0 Å². The molecule has 0 aliphatic carbocycles. The summed E-state index contributed by atoms with van der Waals surface area (Å²) in [6.45, 7) is 11.9. The van der Waals surface area contributed by atoms with Gasteiger partial charge in [-0.05, 0) is 62.6 Å². The predicted octanol–water partition coefficient (Wildman–Crippen LogP) is 4.68. The maximum Gasteiger partial charge on any atom is 0.0587 e. The Morgan fingerprint density at radius 1 is 1.05 bits per heavy atom. The third-order valence-corrected chi connectivity index (χ3v) is 4.64. The minimum Gasteiger partial charge on any atom is -0.306 e. The van der Waals surface area contributed by atoms with Crippen molar-refractivity contribution >= 4 is 11.3 Å². The molecular formula is C17H23NS. The average molecular weight is 273 g/mol. The van der Waals surface area contributed by atoms with Crippen molar-refractivity contribution in [2.75, 3.05) is 6.54 Å². The molecule has 0 radical (unpaired) electrons. The minimum atomic E-state index is 0.314. The van der Waals surface area contributed by atoms with Crippen LogP contribution >= 0.6 is 11.3 Å². The molecule has 102 valence electrons. The van der Waals surface area contributed by atoms with Crippen LogP contribution in [0.2, 0.25) is 0 Å². The maximum absolute atomic E-state index is 3.62. The summed E-state index contributed by atoms with van der Waals surface area (Å²) in [6.07, 6.45) is 0. The highest BCUT2D eigenvalue weighted by molar-refractivity contribution is 7.12. The zero-order valence-corrected chi connectivity index (χ0v) is 13.3. The van der Waals surface area contributed by atoms with Crippen molar-refractivity contribution in [2.24, 2.45) is 0 Å². The van der Waals surface area contributed by atoms with Gasteiger partial charge in [-0.1, -0.05) is 25.1 Å². The zero-order chi connectivity index (χ0) is 14.0. The summed E-state index contributed by atoms with van der Waals surface area (Å²) in [6, 6.07) is 9.43. The van der Waals surface area contributed by atoms with Gasteiger partial charge in [0, 0.05) is 9.75 Å². The lowest BCUT2D eigenvalue weighted by molar-refractivity contribution is 0.629. The van der Waals surface area contributed by atoms with Gasteiger partial charge in [0.2, 0.25) is 0 Å². The molecule has 1 aromatic carbocycles. The SMILES string of the molecule is CCNC(c1ccc(C)c(C)c1)c1cc(C)sc1C. The molecule has 19 heavy (non-hydrogen) atoms. The summed E-state index contributed by atoms with van der Waals surface area (Å²) < 4.78 is 0. The lowest BCUT2D eigenvalue weighted by Gasteiger charge is -2.19. The fourth-order valence-electron chi connectivity index (χ4n) is 2.49. The van der Waals surface area contributed by atoms with Crippen molar-refractivity contribution in [3.8, 4) is 0 Å². The van der Waals surface area contributed by atoms with Gasteiger partial charge in [0.05, 0.1) is 6.04 Å². The molecule has 0 amide bonds. The Hall–Kier alpha value is -1.12. The first-order valence-corrected chi connectivity index (χ1v) is 7.72. The molecule has 0 saturated carbocycles. The molecule has 0 saturated heterocycles. The van der Waals surface area contributed by atoms with Gasteiger partial charge in [0.25, 0.3) is 0 Å². The van der Waals surface area contributed by atoms with E-state index in [1.54, 1.807) is 0 Å². The van der Waals surface area contributed by atoms with E-state index in [1.165, 1.54) is 32.0 Å². The predicted molar refractivity (Wildman–Crippen MR) is 85.2 cm³/mol. The number of thiophene rings is 1. The lowest BCUT2D eigenvalue weighted by atomic mass is 9.96. The summed E-state index contributed by atoms with van der Waals surface area (Å²) in [7, 11) is 0. The second kappa shape index (κ2) is 5.89. The van der Waals surface area contributed by atoms with E-state index in [0.717, 1.165) is 6.54 Å². The molecule has 1 nitrogen and oxygen atoms in total. The largest absolute Gasteiger partial charge is 0.306 e. The molecule has 1 aromatic heterocycles. The monoisotopic (exact) mass is 273 g/mol. The van der Waals surface area contributed by atoms with Crippen LogP contribution in [0.3, 0.4) is 0 Å². The highest BCUT2D eigenvalue weighted by atomic mass is 32.1. The Balaban J connectivity index is 2.44. The normalized spacial score (nSPS) is 12.7. The summed E-state index contributed by atoms with van der Waals surface area (Å²) in [4.78, 5) is 2.81. The number of nitrogens with one attached hydrogen (secondary N) is 1. The van der Waals surface area contributed by atoms with Gasteiger partial charge in [0.15, 0.2) is 0 Å². The first-order valence-electron chi connectivity index (χ1n) is 6.90. The molecule has 0 spiro atoms. The molecular weight excluding hydrogens is 250 g/mol. The number of benzene rings is 1. The number of rotatable bonds is 4. The van der Waals surface area contributed by atoms with Gasteiger partial charge in [-0.2, -0.15) is 0 Å². The number of hydrogen-bond donors (Lipinski definition) is 1. The van der Waals surface area contributed by atoms with E-state index in [9.17, 15) is 0 Å². The van der Waals surface area contributed by atoms with Crippen LogP contribution in [-0.2, 0) is 0 Å². The topological polar surface area (TPSA) is 12.0 Å². The summed E-state index contributed by atoms with van der Waals surface area (Å²) in [5, 5.41) is 3.62. The van der Waals surface area contributed by atoms with Gasteiger partial charge in [-0.15, -0.1) is 11.3 Å². The van der Waals surface area contributed by atoms with E-state index >= 15 is 0 Å². The standard InChI is InChI=1S/C17H23NS/c1-6-18-17(16-10-13(4)19-14(16)5)15-8-7-11(2)12(3)9-15/h7-10,17-18H,6H2,1-5H3.